The van der Waals surface area contributed by atoms with Crippen molar-refractivity contribution in [1.29, 1.82) is 0 Å². The van der Waals surface area contributed by atoms with Gasteiger partial charge in [0.25, 0.3) is 11.5 Å². The number of aromatic amines is 1. The number of rotatable bonds is 4. The molecule has 0 aromatic carbocycles. The van der Waals surface area contributed by atoms with Crippen molar-refractivity contribution in [3.8, 4) is 0 Å². The number of amides is 2. The lowest BCUT2D eigenvalue weighted by Crippen LogP contribution is -2.54. The van der Waals surface area contributed by atoms with Crippen molar-refractivity contribution in [3.63, 3.8) is 0 Å². The van der Waals surface area contributed by atoms with E-state index >= 15 is 0 Å². The molecule has 0 bridgehead atoms. The first kappa shape index (κ1) is 15.1. The number of aromatic nitrogens is 2. The summed E-state index contributed by atoms with van der Waals surface area (Å²) in [4.78, 5) is 43.5. The normalized spacial score (nSPS) is 18.5. The number of aryl methyl sites for hydroxylation is 1. The van der Waals surface area contributed by atoms with Crippen LogP contribution in [0.4, 0.5) is 0 Å². The van der Waals surface area contributed by atoms with Gasteiger partial charge in [0, 0.05) is 43.1 Å². The first-order chi connectivity index (χ1) is 10.5. The second kappa shape index (κ2) is 6.12. The van der Waals surface area contributed by atoms with Crippen LogP contribution in [0.2, 0.25) is 0 Å². The highest BCUT2D eigenvalue weighted by Gasteiger charge is 2.33. The Labute approximate surface area is 131 Å². The van der Waals surface area contributed by atoms with Crippen molar-refractivity contribution in [2.24, 2.45) is 11.8 Å². The van der Waals surface area contributed by atoms with Crippen molar-refractivity contribution >= 4 is 23.6 Å². The van der Waals surface area contributed by atoms with Gasteiger partial charge >= 0.3 is 0 Å². The summed E-state index contributed by atoms with van der Waals surface area (Å²) >= 11 is 1.78. The van der Waals surface area contributed by atoms with Crippen LogP contribution >= 0.6 is 11.8 Å². The lowest BCUT2D eigenvalue weighted by Gasteiger charge is -2.39. The molecule has 0 spiro atoms. The highest BCUT2D eigenvalue weighted by molar-refractivity contribution is 8.00. The van der Waals surface area contributed by atoms with E-state index in [4.69, 9.17) is 0 Å². The summed E-state index contributed by atoms with van der Waals surface area (Å²) in [5, 5.41) is 2.94. The van der Waals surface area contributed by atoms with E-state index in [0.29, 0.717) is 25.5 Å². The molecular formula is C14H18N4O3S. The highest BCUT2D eigenvalue weighted by Crippen LogP contribution is 2.24. The van der Waals surface area contributed by atoms with Crippen LogP contribution in [-0.2, 0) is 4.79 Å². The van der Waals surface area contributed by atoms with Gasteiger partial charge in [0.1, 0.15) is 11.5 Å². The molecule has 2 N–H and O–H groups in total. The van der Waals surface area contributed by atoms with Crippen LogP contribution in [0.5, 0.6) is 0 Å². The lowest BCUT2D eigenvalue weighted by molar-refractivity contribution is -0.124. The Morgan fingerprint density at radius 2 is 2.18 bits per heavy atom. The second-order valence-electron chi connectivity index (χ2n) is 5.77. The van der Waals surface area contributed by atoms with Crippen molar-refractivity contribution < 1.29 is 9.59 Å². The molecule has 0 atom stereocenters. The van der Waals surface area contributed by atoms with E-state index in [1.54, 1.807) is 23.6 Å². The molecule has 3 heterocycles. The molecular weight excluding hydrogens is 304 g/mol. The molecule has 0 saturated carbocycles. The van der Waals surface area contributed by atoms with Crippen molar-refractivity contribution in [2.45, 2.75) is 6.92 Å². The number of nitrogens with one attached hydrogen (secondary N) is 2. The summed E-state index contributed by atoms with van der Waals surface area (Å²) in [5.41, 5.74) is -0.145. The van der Waals surface area contributed by atoms with Gasteiger partial charge in [-0.25, -0.2) is 4.98 Å². The van der Waals surface area contributed by atoms with Crippen LogP contribution < -0.4 is 10.9 Å². The molecule has 2 saturated heterocycles. The van der Waals surface area contributed by atoms with Gasteiger partial charge in [0.15, 0.2) is 0 Å². The summed E-state index contributed by atoms with van der Waals surface area (Å²) in [6.07, 6.45) is 0. The molecule has 3 rings (SSSR count). The molecule has 2 amide bonds. The van der Waals surface area contributed by atoms with Crippen LogP contribution in [0.1, 0.15) is 16.3 Å². The molecule has 0 radical (unpaired) electrons. The minimum atomic E-state index is -0.321. The van der Waals surface area contributed by atoms with Gasteiger partial charge < -0.3 is 15.2 Å². The Kier molecular flexibility index (Phi) is 4.19. The standard InChI is InChI=1S/C14H18N4O3S/c1-8-16-11(2-12(19)17-8)14(21)18-4-9(5-18)3-15-13(20)10-6-22-7-10/h2,9-10H,3-7H2,1H3,(H,15,20)(H,16,17,19). The third-order valence-corrected chi connectivity index (χ3v) is 5.17. The van der Waals surface area contributed by atoms with Crippen molar-refractivity contribution in [1.82, 2.24) is 20.2 Å². The largest absolute Gasteiger partial charge is 0.355 e. The van der Waals surface area contributed by atoms with E-state index in [2.05, 4.69) is 15.3 Å². The monoisotopic (exact) mass is 322 g/mol. The number of H-pyrrole nitrogens is 1. The number of carbonyl (C=O) groups is 2. The maximum Gasteiger partial charge on any atom is 0.272 e. The predicted octanol–water partition coefficient (Wildman–Crippen LogP) is -0.370. The fourth-order valence-corrected chi connectivity index (χ4v) is 3.27. The number of nitrogens with zero attached hydrogens (tertiary/aromatic N) is 2. The molecule has 0 unspecified atom stereocenters. The maximum absolute atomic E-state index is 12.2. The van der Waals surface area contributed by atoms with E-state index in [1.807, 2.05) is 0 Å². The summed E-state index contributed by atoms with van der Waals surface area (Å²) in [7, 11) is 0. The number of thioether (sulfide) groups is 1. The third-order valence-electron chi connectivity index (χ3n) is 3.90. The zero-order valence-electron chi connectivity index (χ0n) is 12.3. The van der Waals surface area contributed by atoms with Gasteiger partial charge in [-0.3, -0.25) is 14.4 Å². The summed E-state index contributed by atoms with van der Waals surface area (Å²) in [5.74, 6) is 2.58. The SMILES string of the molecule is Cc1nc(C(=O)N2CC(CNC(=O)C3CSC3)C2)cc(=O)[nH]1. The zero-order chi connectivity index (χ0) is 15.7. The van der Waals surface area contributed by atoms with E-state index in [9.17, 15) is 14.4 Å². The van der Waals surface area contributed by atoms with E-state index < -0.39 is 0 Å². The van der Waals surface area contributed by atoms with Crippen molar-refractivity contribution in [2.75, 3.05) is 31.1 Å². The Morgan fingerprint density at radius 1 is 1.45 bits per heavy atom. The molecule has 1 aromatic rings. The average Bonchev–Trinajstić information content (AvgIpc) is 2.33. The molecule has 2 aliphatic rings. The maximum atomic E-state index is 12.2. The van der Waals surface area contributed by atoms with Crippen molar-refractivity contribution in [3.05, 3.63) is 27.9 Å². The third kappa shape index (κ3) is 3.16. The quantitative estimate of drug-likeness (QED) is 0.788. The lowest BCUT2D eigenvalue weighted by atomic mass is 9.99. The van der Waals surface area contributed by atoms with E-state index in [-0.39, 0.29) is 34.9 Å². The molecule has 2 fully saturated rings. The Balaban J connectivity index is 1.47. The van der Waals surface area contributed by atoms with Gasteiger partial charge in [-0.2, -0.15) is 11.8 Å². The molecule has 22 heavy (non-hydrogen) atoms. The number of hydrogen-bond acceptors (Lipinski definition) is 5. The van der Waals surface area contributed by atoms with Gasteiger partial charge in [-0.15, -0.1) is 0 Å². The van der Waals surface area contributed by atoms with Gasteiger partial charge in [0.05, 0.1) is 5.92 Å². The minimum Gasteiger partial charge on any atom is -0.355 e. The number of likely N-dealkylation sites (tertiary alicyclic amines) is 1. The van der Waals surface area contributed by atoms with Crippen LogP contribution in [0.25, 0.3) is 0 Å². The molecule has 8 heteroatoms. The summed E-state index contributed by atoms with van der Waals surface area (Å²) < 4.78 is 0. The summed E-state index contributed by atoms with van der Waals surface area (Å²) in [6.45, 7) is 3.43. The fraction of sp³-hybridized carbons (Fsp3) is 0.571. The Hall–Kier alpha value is -1.83. The molecule has 7 nitrogen and oxygen atoms in total. The van der Waals surface area contributed by atoms with E-state index in [0.717, 1.165) is 11.5 Å². The minimum absolute atomic E-state index is 0.121. The highest BCUT2D eigenvalue weighted by atomic mass is 32.2. The Morgan fingerprint density at radius 3 is 2.77 bits per heavy atom. The number of carbonyl (C=O) groups excluding carboxylic acids is 2. The molecule has 0 aliphatic carbocycles. The summed E-state index contributed by atoms with van der Waals surface area (Å²) in [6, 6.07) is 1.22. The molecule has 1 aromatic heterocycles. The van der Waals surface area contributed by atoms with Gasteiger partial charge in [0.2, 0.25) is 5.91 Å². The second-order valence-corrected chi connectivity index (χ2v) is 6.85. The topological polar surface area (TPSA) is 95.2 Å². The van der Waals surface area contributed by atoms with Crippen LogP contribution in [0.3, 0.4) is 0 Å². The Bertz CT molecular complexity index is 650. The first-order valence-electron chi connectivity index (χ1n) is 7.25. The van der Waals surface area contributed by atoms with Crippen LogP contribution in [0, 0.1) is 18.8 Å². The average molecular weight is 322 g/mol. The number of hydrogen-bond donors (Lipinski definition) is 2. The van der Waals surface area contributed by atoms with Crippen LogP contribution in [0.15, 0.2) is 10.9 Å². The van der Waals surface area contributed by atoms with Gasteiger partial charge in [-0.05, 0) is 6.92 Å². The van der Waals surface area contributed by atoms with Gasteiger partial charge in [-0.1, -0.05) is 0 Å². The zero-order valence-corrected chi connectivity index (χ0v) is 13.1. The fourth-order valence-electron chi connectivity index (χ4n) is 2.49. The predicted molar refractivity (Wildman–Crippen MR) is 82.8 cm³/mol. The smallest absolute Gasteiger partial charge is 0.272 e. The molecule has 2 aliphatic heterocycles. The molecule has 118 valence electrons. The first-order valence-corrected chi connectivity index (χ1v) is 8.41. The van der Waals surface area contributed by atoms with Crippen LogP contribution in [-0.4, -0.2) is 57.8 Å². The van der Waals surface area contributed by atoms with E-state index in [1.165, 1.54) is 6.07 Å².